The molecule has 1 aliphatic rings. The molecule has 1 aromatic rings. The molecule has 0 aromatic heterocycles. The number of hydrogen-bond donors (Lipinski definition) is 1. The molecule has 0 bridgehead atoms. The minimum Gasteiger partial charge on any atom is -0.392 e. The van der Waals surface area contributed by atoms with Crippen molar-refractivity contribution in [2.24, 2.45) is 0 Å². The van der Waals surface area contributed by atoms with Gasteiger partial charge in [0.25, 0.3) is 0 Å². The molecule has 1 aliphatic heterocycles. The fourth-order valence-electron chi connectivity index (χ4n) is 2.39. The van der Waals surface area contributed by atoms with Gasteiger partial charge in [-0.25, -0.2) is 0 Å². The molecule has 0 radical (unpaired) electrons. The lowest BCUT2D eigenvalue weighted by Crippen LogP contribution is -2.35. The van der Waals surface area contributed by atoms with Crippen LogP contribution in [0.1, 0.15) is 30.5 Å². The number of aliphatic hydroxyl groups excluding tert-OH is 1. The van der Waals surface area contributed by atoms with E-state index in [1.165, 1.54) is 16.7 Å². The lowest BCUT2D eigenvalue weighted by molar-refractivity contribution is 0.177. The maximum absolute atomic E-state index is 10.5. The summed E-state index contributed by atoms with van der Waals surface area (Å²) in [6.07, 6.45) is 0.556. The molecular weight excluding hydrogens is 272 g/mol. The predicted molar refractivity (Wildman–Crippen MR) is 88.4 cm³/mol. The van der Waals surface area contributed by atoms with Crippen LogP contribution in [0.3, 0.4) is 0 Å². The highest BCUT2D eigenvalue weighted by molar-refractivity contribution is 8.07. The SMILES string of the molecule is Cc1ccc(C)c(CC(O)C2CSC(C)C(C)S2)c1. The maximum atomic E-state index is 10.5. The molecule has 1 saturated heterocycles. The fraction of sp³-hybridized carbons (Fsp3) is 0.625. The van der Waals surface area contributed by atoms with Crippen molar-refractivity contribution in [1.82, 2.24) is 0 Å². The van der Waals surface area contributed by atoms with E-state index in [1.807, 2.05) is 23.5 Å². The third-order valence-electron chi connectivity index (χ3n) is 3.94. The Morgan fingerprint density at radius 1 is 1.26 bits per heavy atom. The van der Waals surface area contributed by atoms with Crippen LogP contribution in [0.4, 0.5) is 0 Å². The number of aliphatic hydroxyl groups is 1. The van der Waals surface area contributed by atoms with Gasteiger partial charge in [0.1, 0.15) is 0 Å². The Kier molecular flexibility index (Phi) is 5.27. The van der Waals surface area contributed by atoms with Gasteiger partial charge >= 0.3 is 0 Å². The van der Waals surface area contributed by atoms with Crippen LogP contribution in [-0.4, -0.2) is 32.7 Å². The molecule has 1 nitrogen and oxygen atoms in total. The Morgan fingerprint density at radius 3 is 2.68 bits per heavy atom. The van der Waals surface area contributed by atoms with E-state index in [2.05, 4.69) is 45.9 Å². The van der Waals surface area contributed by atoms with E-state index < -0.39 is 0 Å². The third kappa shape index (κ3) is 3.93. The summed E-state index contributed by atoms with van der Waals surface area (Å²) in [6.45, 7) is 8.81. The minimum atomic E-state index is -0.229. The molecule has 4 atom stereocenters. The van der Waals surface area contributed by atoms with E-state index in [9.17, 15) is 5.11 Å². The molecular formula is C16H24OS2. The molecule has 1 heterocycles. The molecule has 0 saturated carbocycles. The smallest absolute Gasteiger partial charge is 0.0707 e. The van der Waals surface area contributed by atoms with Gasteiger partial charge in [-0.15, -0.1) is 0 Å². The van der Waals surface area contributed by atoms with Crippen molar-refractivity contribution < 1.29 is 5.11 Å². The van der Waals surface area contributed by atoms with Gasteiger partial charge in [0, 0.05) is 21.5 Å². The molecule has 0 aliphatic carbocycles. The van der Waals surface area contributed by atoms with Crippen molar-refractivity contribution >= 4 is 23.5 Å². The van der Waals surface area contributed by atoms with Crippen molar-refractivity contribution in [3.05, 3.63) is 34.9 Å². The van der Waals surface area contributed by atoms with Gasteiger partial charge in [-0.05, 0) is 31.4 Å². The molecule has 106 valence electrons. The Balaban J connectivity index is 2.01. The highest BCUT2D eigenvalue weighted by Crippen LogP contribution is 2.37. The van der Waals surface area contributed by atoms with Gasteiger partial charge in [-0.3, -0.25) is 0 Å². The van der Waals surface area contributed by atoms with Crippen LogP contribution in [0.15, 0.2) is 18.2 Å². The quantitative estimate of drug-likeness (QED) is 0.915. The van der Waals surface area contributed by atoms with Crippen LogP contribution in [-0.2, 0) is 6.42 Å². The Labute approximate surface area is 125 Å². The molecule has 1 aromatic carbocycles. The van der Waals surface area contributed by atoms with Crippen LogP contribution in [0, 0.1) is 13.8 Å². The van der Waals surface area contributed by atoms with E-state index in [1.54, 1.807) is 0 Å². The zero-order valence-electron chi connectivity index (χ0n) is 12.2. The van der Waals surface area contributed by atoms with Gasteiger partial charge in [-0.1, -0.05) is 37.6 Å². The first-order valence-electron chi connectivity index (χ1n) is 6.98. The van der Waals surface area contributed by atoms with E-state index in [0.29, 0.717) is 15.7 Å². The van der Waals surface area contributed by atoms with Gasteiger partial charge in [0.05, 0.1) is 6.10 Å². The summed E-state index contributed by atoms with van der Waals surface area (Å²) in [6, 6.07) is 6.51. The number of rotatable bonds is 3. The van der Waals surface area contributed by atoms with Crippen molar-refractivity contribution in [1.29, 1.82) is 0 Å². The summed E-state index contributed by atoms with van der Waals surface area (Å²) in [5, 5.41) is 12.2. The van der Waals surface area contributed by atoms with Crippen LogP contribution >= 0.6 is 23.5 Å². The lowest BCUT2D eigenvalue weighted by Gasteiger charge is -2.34. The number of benzene rings is 1. The summed E-state index contributed by atoms with van der Waals surface area (Å²) >= 11 is 3.96. The van der Waals surface area contributed by atoms with Gasteiger partial charge in [0.2, 0.25) is 0 Å². The van der Waals surface area contributed by atoms with E-state index in [4.69, 9.17) is 0 Å². The van der Waals surface area contributed by atoms with E-state index in [-0.39, 0.29) is 6.10 Å². The van der Waals surface area contributed by atoms with Crippen molar-refractivity contribution in [3.63, 3.8) is 0 Å². The molecule has 0 amide bonds. The molecule has 4 unspecified atom stereocenters. The van der Waals surface area contributed by atoms with Crippen LogP contribution < -0.4 is 0 Å². The summed E-state index contributed by atoms with van der Waals surface area (Å²) < 4.78 is 0. The minimum absolute atomic E-state index is 0.229. The molecule has 0 spiro atoms. The Hall–Kier alpha value is -0.120. The number of hydrogen-bond acceptors (Lipinski definition) is 3. The first-order chi connectivity index (χ1) is 8.97. The molecule has 1 fully saturated rings. The number of thioether (sulfide) groups is 2. The fourth-order valence-corrected chi connectivity index (χ4v) is 5.40. The molecule has 2 rings (SSSR count). The highest BCUT2D eigenvalue weighted by atomic mass is 32.2. The zero-order valence-corrected chi connectivity index (χ0v) is 13.9. The van der Waals surface area contributed by atoms with Gasteiger partial charge in [0.15, 0.2) is 0 Å². The second-order valence-electron chi connectivity index (χ2n) is 5.62. The maximum Gasteiger partial charge on any atom is 0.0707 e. The Morgan fingerprint density at radius 2 is 2.00 bits per heavy atom. The average Bonchev–Trinajstić information content (AvgIpc) is 2.37. The van der Waals surface area contributed by atoms with Crippen LogP contribution in [0.5, 0.6) is 0 Å². The van der Waals surface area contributed by atoms with Crippen molar-refractivity contribution in [2.75, 3.05) is 5.75 Å². The third-order valence-corrected chi connectivity index (χ3v) is 7.47. The highest BCUT2D eigenvalue weighted by Gasteiger charge is 2.30. The second kappa shape index (κ2) is 6.55. The van der Waals surface area contributed by atoms with Crippen LogP contribution in [0.2, 0.25) is 0 Å². The molecule has 19 heavy (non-hydrogen) atoms. The summed E-state index contributed by atoms with van der Waals surface area (Å²) in [7, 11) is 0. The van der Waals surface area contributed by atoms with Gasteiger partial charge in [-0.2, -0.15) is 23.5 Å². The number of aryl methyl sites for hydroxylation is 2. The monoisotopic (exact) mass is 296 g/mol. The van der Waals surface area contributed by atoms with E-state index >= 15 is 0 Å². The summed E-state index contributed by atoms with van der Waals surface area (Å²) in [4.78, 5) is 0. The standard InChI is InChI=1S/C16H24OS2/c1-10-5-6-11(2)14(7-10)8-15(17)16-9-18-12(3)13(4)19-16/h5-7,12-13,15-17H,8-9H2,1-4H3. The van der Waals surface area contributed by atoms with E-state index in [0.717, 1.165) is 12.2 Å². The van der Waals surface area contributed by atoms with Crippen LogP contribution in [0.25, 0.3) is 0 Å². The topological polar surface area (TPSA) is 20.2 Å². The first kappa shape index (κ1) is 15.3. The second-order valence-corrected chi connectivity index (χ2v) is 8.65. The summed E-state index contributed by atoms with van der Waals surface area (Å²) in [5.41, 5.74) is 3.87. The largest absolute Gasteiger partial charge is 0.392 e. The average molecular weight is 297 g/mol. The molecule has 3 heteroatoms. The normalized spacial score (nSPS) is 29.2. The predicted octanol–water partition coefficient (Wildman–Crippen LogP) is 3.83. The van der Waals surface area contributed by atoms with Crippen molar-refractivity contribution in [2.45, 2.75) is 56.0 Å². The molecule has 1 N–H and O–H groups in total. The van der Waals surface area contributed by atoms with Crippen molar-refractivity contribution in [3.8, 4) is 0 Å². The first-order valence-corrected chi connectivity index (χ1v) is 8.97. The van der Waals surface area contributed by atoms with Gasteiger partial charge < -0.3 is 5.11 Å². The lowest BCUT2D eigenvalue weighted by atomic mass is 9.99. The zero-order chi connectivity index (χ0) is 14.0. The summed E-state index contributed by atoms with van der Waals surface area (Å²) in [5.74, 6) is 1.07. The Bertz CT molecular complexity index is 433.